The Hall–Kier alpha value is -2.83. The van der Waals surface area contributed by atoms with Crippen LogP contribution >= 0.6 is 11.6 Å². The average Bonchev–Trinajstić information content (AvgIpc) is 3.22. The van der Waals surface area contributed by atoms with Gasteiger partial charge in [0.25, 0.3) is 0 Å². The van der Waals surface area contributed by atoms with Gasteiger partial charge in [0.15, 0.2) is 0 Å². The third-order valence-electron chi connectivity index (χ3n) is 6.37. The molecule has 6 nitrogen and oxygen atoms in total. The molecule has 2 aromatic heterocycles. The first-order valence-corrected chi connectivity index (χ1v) is 11.0. The molecule has 1 spiro atoms. The van der Waals surface area contributed by atoms with E-state index < -0.39 is 0 Å². The summed E-state index contributed by atoms with van der Waals surface area (Å²) in [6.07, 6.45) is 8.21. The standard InChI is InChI=1S/C23H24ClN5.CH5N/c1-4-15(2)27-29-20-12-17(24)6-7-19(20)26-22(29)14-28-16(3)23(9-5-10-23)18-8-11-25-13-21(18)28;1-2/h6-8,11-13,27H,2-5,9-10,14H2,1H3;2H2,1H3. The first kappa shape index (κ1) is 21.4. The van der Waals surface area contributed by atoms with Crippen molar-refractivity contribution in [3.05, 3.63) is 77.6 Å². The molecule has 7 heteroatoms. The molecule has 1 aliphatic heterocycles. The number of nitrogens with two attached hydrogens (primary N) is 1. The average molecular weight is 437 g/mol. The van der Waals surface area contributed by atoms with Crippen LogP contribution in [0.3, 0.4) is 0 Å². The minimum absolute atomic E-state index is 0.0683. The molecule has 0 saturated heterocycles. The summed E-state index contributed by atoms with van der Waals surface area (Å²) in [6, 6.07) is 7.91. The zero-order chi connectivity index (χ0) is 22.2. The number of nitrogens with zero attached hydrogens (tertiary/aromatic N) is 4. The summed E-state index contributed by atoms with van der Waals surface area (Å²) in [5.74, 6) is 0.893. The van der Waals surface area contributed by atoms with Crippen molar-refractivity contribution in [3.8, 4) is 0 Å². The first-order chi connectivity index (χ1) is 15.0. The molecule has 1 fully saturated rings. The van der Waals surface area contributed by atoms with E-state index >= 15 is 0 Å². The lowest BCUT2D eigenvalue weighted by Crippen LogP contribution is -2.37. The number of nitrogens with one attached hydrogen (secondary N) is 1. The van der Waals surface area contributed by atoms with Gasteiger partial charge in [0.2, 0.25) is 0 Å². The van der Waals surface area contributed by atoms with E-state index in [4.69, 9.17) is 16.6 Å². The van der Waals surface area contributed by atoms with E-state index in [0.717, 1.165) is 53.2 Å². The number of allylic oxidation sites excluding steroid dienone is 2. The van der Waals surface area contributed by atoms with Crippen LogP contribution in [0.2, 0.25) is 5.02 Å². The van der Waals surface area contributed by atoms with Gasteiger partial charge < -0.3 is 10.6 Å². The molecule has 31 heavy (non-hydrogen) atoms. The summed E-state index contributed by atoms with van der Waals surface area (Å²) in [5, 5.41) is 0.683. The number of fused-ring (bicyclic) bond motifs is 3. The van der Waals surface area contributed by atoms with Crippen molar-refractivity contribution < 1.29 is 0 Å². The maximum atomic E-state index is 6.27. The van der Waals surface area contributed by atoms with Crippen molar-refractivity contribution in [2.75, 3.05) is 17.4 Å². The molecule has 3 aromatic rings. The molecule has 0 atom stereocenters. The van der Waals surface area contributed by atoms with E-state index in [0.29, 0.717) is 11.6 Å². The number of pyridine rings is 1. The second kappa shape index (κ2) is 8.36. The minimum atomic E-state index is 0.0683. The molecule has 0 amide bonds. The van der Waals surface area contributed by atoms with Gasteiger partial charge >= 0.3 is 0 Å². The molecule has 0 bridgehead atoms. The predicted octanol–water partition coefficient (Wildman–Crippen LogP) is 5.08. The van der Waals surface area contributed by atoms with Gasteiger partial charge in [-0.1, -0.05) is 38.1 Å². The minimum Gasteiger partial charge on any atom is -0.336 e. The summed E-state index contributed by atoms with van der Waals surface area (Å²) < 4.78 is 2.00. The molecule has 162 valence electrons. The Labute approximate surface area is 188 Å². The first-order valence-electron chi connectivity index (χ1n) is 10.6. The van der Waals surface area contributed by atoms with Gasteiger partial charge in [-0.3, -0.25) is 10.4 Å². The fraction of sp³-hybridized carbons (Fsp3) is 0.333. The highest BCUT2D eigenvalue weighted by atomic mass is 35.5. The maximum Gasteiger partial charge on any atom is 0.148 e. The second-order valence-electron chi connectivity index (χ2n) is 7.93. The molecule has 2 aliphatic rings. The van der Waals surface area contributed by atoms with Gasteiger partial charge in [0, 0.05) is 28.0 Å². The number of aromatic nitrogens is 3. The van der Waals surface area contributed by atoms with Crippen LogP contribution in [0.25, 0.3) is 11.0 Å². The molecule has 3 N–H and O–H groups in total. The van der Waals surface area contributed by atoms with E-state index in [1.165, 1.54) is 19.0 Å². The Kier molecular flexibility index (Phi) is 5.77. The number of anilines is 1. The van der Waals surface area contributed by atoms with Crippen LogP contribution < -0.4 is 16.1 Å². The van der Waals surface area contributed by atoms with Gasteiger partial charge in [0.05, 0.1) is 29.5 Å². The van der Waals surface area contributed by atoms with Crippen molar-refractivity contribution >= 4 is 28.3 Å². The number of halogens is 1. The normalized spacial score (nSPS) is 16.0. The van der Waals surface area contributed by atoms with E-state index in [1.807, 2.05) is 35.3 Å². The molecule has 0 unspecified atom stereocenters. The lowest BCUT2D eigenvalue weighted by molar-refractivity contribution is 0.301. The molecule has 1 saturated carbocycles. The van der Waals surface area contributed by atoms with Crippen LogP contribution in [0, 0.1) is 0 Å². The van der Waals surface area contributed by atoms with Gasteiger partial charge in [-0.05, 0) is 56.1 Å². The van der Waals surface area contributed by atoms with Gasteiger partial charge in [-0.2, -0.15) is 0 Å². The van der Waals surface area contributed by atoms with E-state index in [-0.39, 0.29) is 5.41 Å². The Morgan fingerprint density at radius 3 is 2.74 bits per heavy atom. The lowest BCUT2D eigenvalue weighted by atomic mass is 9.64. The van der Waals surface area contributed by atoms with Gasteiger partial charge in [-0.25, -0.2) is 9.66 Å². The Balaban J connectivity index is 0.00000112. The van der Waals surface area contributed by atoms with Crippen LogP contribution in [-0.2, 0) is 12.0 Å². The molecular weight excluding hydrogens is 408 g/mol. The summed E-state index contributed by atoms with van der Waals surface area (Å²) in [6.45, 7) is 11.3. The molecular formula is C24H29ClN6. The summed E-state index contributed by atoms with van der Waals surface area (Å²) in [4.78, 5) is 11.6. The Morgan fingerprint density at radius 2 is 2.06 bits per heavy atom. The highest BCUT2D eigenvalue weighted by Gasteiger charge is 2.50. The fourth-order valence-electron chi connectivity index (χ4n) is 4.54. The molecule has 3 heterocycles. The summed E-state index contributed by atoms with van der Waals surface area (Å²) in [5.41, 5.74) is 14.4. The highest BCUT2D eigenvalue weighted by molar-refractivity contribution is 6.31. The number of hydrogen-bond acceptors (Lipinski definition) is 5. The SMILES string of the molecule is C=C(CC)Nn1c(CN2C(=C)C3(CCC3)c3ccncc32)nc2ccc(Cl)cc21.CN. The van der Waals surface area contributed by atoms with E-state index in [2.05, 4.69) is 47.2 Å². The number of benzene rings is 1. The number of imidazole rings is 1. The smallest absolute Gasteiger partial charge is 0.148 e. The van der Waals surface area contributed by atoms with Gasteiger partial charge in [0.1, 0.15) is 5.82 Å². The highest BCUT2D eigenvalue weighted by Crippen LogP contribution is 2.57. The van der Waals surface area contributed by atoms with Crippen molar-refractivity contribution in [1.82, 2.24) is 14.6 Å². The third-order valence-corrected chi connectivity index (χ3v) is 6.61. The molecule has 5 rings (SSSR count). The van der Waals surface area contributed by atoms with Crippen LogP contribution in [0.5, 0.6) is 0 Å². The largest absolute Gasteiger partial charge is 0.336 e. The molecule has 1 aromatic carbocycles. The van der Waals surface area contributed by atoms with Crippen LogP contribution in [0.15, 0.2) is 61.2 Å². The zero-order valence-corrected chi connectivity index (χ0v) is 18.9. The monoisotopic (exact) mass is 436 g/mol. The maximum absolute atomic E-state index is 6.27. The fourth-order valence-corrected chi connectivity index (χ4v) is 4.71. The van der Waals surface area contributed by atoms with Crippen LogP contribution in [-0.4, -0.2) is 21.7 Å². The zero-order valence-electron chi connectivity index (χ0n) is 18.2. The van der Waals surface area contributed by atoms with E-state index in [1.54, 1.807) is 0 Å². The lowest BCUT2D eigenvalue weighted by Gasteiger charge is -2.40. The molecule has 1 aliphatic carbocycles. The van der Waals surface area contributed by atoms with Crippen molar-refractivity contribution in [2.45, 2.75) is 44.6 Å². The van der Waals surface area contributed by atoms with Crippen LogP contribution in [0.1, 0.15) is 44.0 Å². The number of hydrogen-bond donors (Lipinski definition) is 2. The van der Waals surface area contributed by atoms with Crippen molar-refractivity contribution in [1.29, 1.82) is 0 Å². The topological polar surface area (TPSA) is 72.0 Å². The molecule has 0 radical (unpaired) electrons. The van der Waals surface area contributed by atoms with E-state index in [9.17, 15) is 0 Å². The van der Waals surface area contributed by atoms with Gasteiger partial charge in [-0.15, -0.1) is 0 Å². The Morgan fingerprint density at radius 1 is 1.29 bits per heavy atom. The predicted molar refractivity (Wildman–Crippen MR) is 129 cm³/mol. The summed E-state index contributed by atoms with van der Waals surface area (Å²) >= 11 is 6.27. The quantitative estimate of drug-likeness (QED) is 0.583. The van der Waals surface area contributed by atoms with Crippen molar-refractivity contribution in [2.24, 2.45) is 5.73 Å². The van der Waals surface area contributed by atoms with Crippen molar-refractivity contribution in [3.63, 3.8) is 0 Å². The summed E-state index contributed by atoms with van der Waals surface area (Å²) in [7, 11) is 1.50. The van der Waals surface area contributed by atoms with Crippen LogP contribution in [0.4, 0.5) is 5.69 Å². The Bertz CT molecular complexity index is 1140. The second-order valence-corrected chi connectivity index (χ2v) is 8.36. The third kappa shape index (κ3) is 3.40. The number of rotatable bonds is 5.